The molecule has 1 aromatic carbocycles. The Kier molecular flexibility index (Phi) is 3.36. The molecule has 3 rings (SSSR count). The van der Waals surface area contributed by atoms with E-state index < -0.39 is 0 Å². The maximum atomic E-state index is 5.97. The third-order valence-corrected chi connectivity index (χ3v) is 3.17. The summed E-state index contributed by atoms with van der Waals surface area (Å²) in [7, 11) is 0. The molecule has 0 fully saturated rings. The zero-order chi connectivity index (χ0) is 13.2. The molecule has 0 atom stereocenters. The summed E-state index contributed by atoms with van der Waals surface area (Å²) in [6.45, 7) is 0.550. The van der Waals surface area contributed by atoms with Gasteiger partial charge in [-0.2, -0.15) is 0 Å². The summed E-state index contributed by atoms with van der Waals surface area (Å²) in [5.74, 6) is 2.08. The first kappa shape index (κ1) is 12.4. The fourth-order valence-corrected chi connectivity index (χ4v) is 2.08. The van der Waals surface area contributed by atoms with Crippen molar-refractivity contribution in [2.24, 2.45) is 0 Å². The maximum Gasteiger partial charge on any atom is 0.231 e. The molecule has 19 heavy (non-hydrogen) atoms. The summed E-state index contributed by atoms with van der Waals surface area (Å²) >= 11 is 11.7. The van der Waals surface area contributed by atoms with Crippen molar-refractivity contribution < 1.29 is 14.2 Å². The molecule has 2 heterocycles. The minimum Gasteiger partial charge on any atom is -0.489 e. The number of halogens is 2. The summed E-state index contributed by atoms with van der Waals surface area (Å²) in [6.07, 6.45) is 0. The van der Waals surface area contributed by atoms with Gasteiger partial charge in [0.1, 0.15) is 22.7 Å². The highest BCUT2D eigenvalue weighted by molar-refractivity contribution is 6.32. The van der Waals surface area contributed by atoms with E-state index in [0.717, 1.165) is 11.3 Å². The number of aromatic nitrogens is 1. The third kappa shape index (κ3) is 2.69. The molecule has 1 aromatic heterocycles. The molecule has 1 aliphatic rings. The van der Waals surface area contributed by atoms with Crippen LogP contribution in [0.5, 0.6) is 17.2 Å². The Morgan fingerprint density at radius 3 is 2.79 bits per heavy atom. The maximum absolute atomic E-state index is 5.97. The third-order valence-electron chi connectivity index (χ3n) is 2.63. The van der Waals surface area contributed by atoms with Gasteiger partial charge >= 0.3 is 0 Å². The number of nitrogens with zero attached hydrogens (tertiary/aromatic N) is 1. The van der Waals surface area contributed by atoms with E-state index in [2.05, 4.69) is 4.98 Å². The quantitative estimate of drug-likeness (QED) is 0.810. The van der Waals surface area contributed by atoms with Gasteiger partial charge in [0.15, 0.2) is 11.5 Å². The first-order valence-electron chi connectivity index (χ1n) is 5.56. The van der Waals surface area contributed by atoms with Crippen LogP contribution in [0.3, 0.4) is 0 Å². The van der Waals surface area contributed by atoms with Crippen LogP contribution >= 0.6 is 23.2 Å². The topological polar surface area (TPSA) is 40.6 Å². The van der Waals surface area contributed by atoms with E-state index in [0.29, 0.717) is 28.4 Å². The van der Waals surface area contributed by atoms with E-state index in [1.54, 1.807) is 24.3 Å². The SMILES string of the molecule is Clc1ccc(COc2ccc3c(c2)OCO3)c(Cl)n1. The van der Waals surface area contributed by atoms with Gasteiger partial charge in [0, 0.05) is 11.6 Å². The Balaban J connectivity index is 1.72. The van der Waals surface area contributed by atoms with Gasteiger partial charge in [-0.1, -0.05) is 23.2 Å². The molecule has 4 nitrogen and oxygen atoms in total. The van der Waals surface area contributed by atoms with Crippen LogP contribution in [-0.2, 0) is 6.61 Å². The zero-order valence-electron chi connectivity index (χ0n) is 9.73. The Labute approximate surface area is 119 Å². The second-order valence-electron chi connectivity index (χ2n) is 3.89. The van der Waals surface area contributed by atoms with Gasteiger partial charge in [0.2, 0.25) is 6.79 Å². The Morgan fingerprint density at radius 2 is 1.95 bits per heavy atom. The highest BCUT2D eigenvalue weighted by atomic mass is 35.5. The molecule has 98 valence electrons. The van der Waals surface area contributed by atoms with E-state index in [4.69, 9.17) is 37.4 Å². The first-order valence-corrected chi connectivity index (χ1v) is 6.31. The van der Waals surface area contributed by atoms with Crippen LogP contribution < -0.4 is 14.2 Å². The molecule has 0 unspecified atom stereocenters. The van der Waals surface area contributed by atoms with E-state index in [1.807, 2.05) is 6.07 Å². The van der Waals surface area contributed by atoms with E-state index >= 15 is 0 Å². The van der Waals surface area contributed by atoms with Crippen LogP contribution in [0.4, 0.5) is 0 Å². The van der Waals surface area contributed by atoms with Crippen molar-refractivity contribution in [3.8, 4) is 17.2 Å². The van der Waals surface area contributed by atoms with Crippen molar-refractivity contribution >= 4 is 23.2 Å². The Bertz CT molecular complexity index is 619. The minimum atomic E-state index is 0.242. The van der Waals surface area contributed by atoms with Crippen LogP contribution in [0.15, 0.2) is 30.3 Å². The van der Waals surface area contributed by atoms with Crippen molar-refractivity contribution in [2.45, 2.75) is 6.61 Å². The summed E-state index contributed by atoms with van der Waals surface area (Å²) in [4.78, 5) is 3.95. The molecule has 0 amide bonds. The minimum absolute atomic E-state index is 0.242. The van der Waals surface area contributed by atoms with E-state index in [9.17, 15) is 0 Å². The molecule has 0 saturated carbocycles. The van der Waals surface area contributed by atoms with Crippen molar-refractivity contribution in [1.82, 2.24) is 4.98 Å². The standard InChI is InChI=1S/C13H9Cl2NO3/c14-12-4-1-8(13(15)16-12)6-17-9-2-3-10-11(5-9)19-7-18-10/h1-5H,6-7H2. The molecule has 0 saturated heterocycles. The molecular formula is C13H9Cl2NO3. The molecule has 0 radical (unpaired) electrons. The number of hydrogen-bond acceptors (Lipinski definition) is 4. The predicted molar refractivity (Wildman–Crippen MR) is 71.2 cm³/mol. The zero-order valence-corrected chi connectivity index (χ0v) is 11.2. The first-order chi connectivity index (χ1) is 9.22. The lowest BCUT2D eigenvalue weighted by Gasteiger charge is -2.08. The molecular weight excluding hydrogens is 289 g/mol. The van der Waals surface area contributed by atoms with Crippen LogP contribution in [0.25, 0.3) is 0 Å². The van der Waals surface area contributed by atoms with Crippen LogP contribution in [0.2, 0.25) is 10.3 Å². The van der Waals surface area contributed by atoms with Gasteiger partial charge in [0.25, 0.3) is 0 Å². The predicted octanol–water partition coefficient (Wildman–Crippen LogP) is 3.70. The second-order valence-corrected chi connectivity index (χ2v) is 4.63. The lowest BCUT2D eigenvalue weighted by molar-refractivity contribution is 0.173. The molecule has 0 aliphatic carbocycles. The number of hydrogen-bond donors (Lipinski definition) is 0. The molecule has 2 aromatic rings. The fourth-order valence-electron chi connectivity index (χ4n) is 1.68. The van der Waals surface area contributed by atoms with Crippen molar-refractivity contribution in [3.05, 3.63) is 46.2 Å². The van der Waals surface area contributed by atoms with Crippen molar-refractivity contribution in [3.63, 3.8) is 0 Å². The number of ether oxygens (including phenoxy) is 3. The van der Waals surface area contributed by atoms with E-state index in [-0.39, 0.29) is 6.79 Å². The van der Waals surface area contributed by atoms with Gasteiger partial charge in [-0.3, -0.25) is 0 Å². The number of rotatable bonds is 3. The summed E-state index contributed by atoms with van der Waals surface area (Å²) < 4.78 is 16.1. The highest BCUT2D eigenvalue weighted by Crippen LogP contribution is 2.35. The molecule has 1 aliphatic heterocycles. The normalized spacial score (nSPS) is 12.5. The summed E-state index contributed by atoms with van der Waals surface area (Å²) in [6, 6.07) is 8.85. The monoisotopic (exact) mass is 297 g/mol. The average Bonchev–Trinajstić information content (AvgIpc) is 2.85. The van der Waals surface area contributed by atoms with Crippen LogP contribution in [0, 0.1) is 0 Å². The van der Waals surface area contributed by atoms with Crippen LogP contribution in [0.1, 0.15) is 5.56 Å². The molecule has 6 heteroatoms. The number of pyridine rings is 1. The lowest BCUT2D eigenvalue weighted by atomic mass is 10.3. The number of fused-ring (bicyclic) bond motifs is 1. The molecule has 0 N–H and O–H groups in total. The Hall–Kier alpha value is -1.65. The molecule has 0 spiro atoms. The van der Waals surface area contributed by atoms with Gasteiger partial charge in [-0.15, -0.1) is 0 Å². The lowest BCUT2D eigenvalue weighted by Crippen LogP contribution is -1.97. The summed E-state index contributed by atoms with van der Waals surface area (Å²) in [5.41, 5.74) is 0.767. The Morgan fingerprint density at radius 1 is 1.11 bits per heavy atom. The summed E-state index contributed by atoms with van der Waals surface area (Å²) in [5, 5.41) is 0.699. The fraction of sp³-hybridized carbons (Fsp3) is 0.154. The van der Waals surface area contributed by atoms with Crippen molar-refractivity contribution in [2.75, 3.05) is 6.79 Å². The largest absolute Gasteiger partial charge is 0.489 e. The second kappa shape index (κ2) is 5.15. The molecule has 0 bridgehead atoms. The highest BCUT2D eigenvalue weighted by Gasteiger charge is 2.14. The van der Waals surface area contributed by atoms with E-state index in [1.165, 1.54) is 0 Å². The van der Waals surface area contributed by atoms with Gasteiger partial charge in [-0.25, -0.2) is 4.98 Å². The average molecular weight is 298 g/mol. The van der Waals surface area contributed by atoms with Crippen LogP contribution in [-0.4, -0.2) is 11.8 Å². The van der Waals surface area contributed by atoms with Gasteiger partial charge in [0.05, 0.1) is 0 Å². The smallest absolute Gasteiger partial charge is 0.231 e. The van der Waals surface area contributed by atoms with Gasteiger partial charge < -0.3 is 14.2 Å². The van der Waals surface area contributed by atoms with Gasteiger partial charge in [-0.05, 0) is 24.3 Å². The number of benzene rings is 1. The van der Waals surface area contributed by atoms with Crippen molar-refractivity contribution in [1.29, 1.82) is 0 Å².